The minimum atomic E-state index is -0.477. The molecule has 0 aliphatic carbocycles. The molecule has 152 valence electrons. The fourth-order valence-electron chi connectivity index (χ4n) is 3.92. The zero-order valence-electron chi connectivity index (χ0n) is 16.2. The van der Waals surface area contributed by atoms with E-state index < -0.39 is 5.97 Å². The summed E-state index contributed by atoms with van der Waals surface area (Å²) in [5.74, 6) is 0.181. The fraction of sp³-hybridized carbons (Fsp3) is 0.632. The number of piperazine rings is 1. The van der Waals surface area contributed by atoms with Gasteiger partial charge in [-0.2, -0.15) is 0 Å². The molecule has 1 N–H and O–H groups in total. The third kappa shape index (κ3) is 4.11. The van der Waals surface area contributed by atoms with Crippen LogP contribution in [-0.4, -0.2) is 82.9 Å². The average molecular weight is 389 g/mol. The molecular formula is C19H27N5O4. The van der Waals surface area contributed by atoms with Crippen LogP contribution in [0, 0.1) is 5.92 Å². The molecule has 4 rings (SSSR count). The van der Waals surface area contributed by atoms with Gasteiger partial charge in [0.25, 0.3) is 5.56 Å². The van der Waals surface area contributed by atoms with Crippen LogP contribution in [-0.2, 0) is 16.0 Å². The highest BCUT2D eigenvalue weighted by Crippen LogP contribution is 2.16. The van der Waals surface area contributed by atoms with Gasteiger partial charge in [0.2, 0.25) is 0 Å². The summed E-state index contributed by atoms with van der Waals surface area (Å²) in [5, 5.41) is 2.78. The van der Waals surface area contributed by atoms with Crippen molar-refractivity contribution in [3.8, 4) is 0 Å². The lowest BCUT2D eigenvalue weighted by atomic mass is 10.1. The van der Waals surface area contributed by atoms with Gasteiger partial charge < -0.3 is 14.4 Å². The Kier molecular flexibility index (Phi) is 5.74. The third-order valence-corrected chi connectivity index (χ3v) is 5.44. The highest BCUT2D eigenvalue weighted by Gasteiger charge is 2.23. The summed E-state index contributed by atoms with van der Waals surface area (Å²) in [5.41, 5.74) is 1.05. The Balaban J connectivity index is 1.41. The van der Waals surface area contributed by atoms with E-state index in [9.17, 15) is 9.59 Å². The number of esters is 1. The molecule has 4 heterocycles. The normalized spacial score (nSPS) is 21.4. The molecule has 0 amide bonds. The molecule has 9 nitrogen and oxygen atoms in total. The van der Waals surface area contributed by atoms with Gasteiger partial charge >= 0.3 is 5.97 Å². The van der Waals surface area contributed by atoms with Crippen LogP contribution < -0.4 is 5.56 Å². The number of ether oxygens (including phenoxy) is 2. The molecule has 2 aliphatic heterocycles. The van der Waals surface area contributed by atoms with Gasteiger partial charge in [-0.3, -0.25) is 14.8 Å². The van der Waals surface area contributed by atoms with Crippen LogP contribution in [0.15, 0.2) is 17.1 Å². The van der Waals surface area contributed by atoms with Gasteiger partial charge in [0, 0.05) is 58.1 Å². The average Bonchev–Trinajstić information content (AvgIpc) is 3.33. The van der Waals surface area contributed by atoms with Crippen LogP contribution in [0.25, 0.3) is 5.65 Å². The standard InChI is InChI=1S/C19H27N5O4/c1-2-28-19(26)16-10-20-24-17(25)9-15(21-18(16)24)12-23-6-4-22(5-7-23)11-14-3-8-27-13-14/h9-10,14,20H,2-8,11-13H2,1H3. The van der Waals surface area contributed by atoms with Gasteiger partial charge in [0.05, 0.1) is 18.9 Å². The number of H-pyrrole nitrogens is 1. The molecule has 1 unspecified atom stereocenters. The van der Waals surface area contributed by atoms with E-state index in [1.807, 2.05) is 0 Å². The molecule has 28 heavy (non-hydrogen) atoms. The number of aromatic amines is 1. The van der Waals surface area contributed by atoms with Crippen molar-refractivity contribution in [3.05, 3.63) is 33.9 Å². The second kappa shape index (κ2) is 8.42. The molecule has 0 saturated carbocycles. The maximum atomic E-state index is 12.4. The highest BCUT2D eigenvalue weighted by atomic mass is 16.5. The molecule has 2 fully saturated rings. The minimum Gasteiger partial charge on any atom is -0.462 e. The van der Waals surface area contributed by atoms with Crippen molar-refractivity contribution < 1.29 is 14.3 Å². The van der Waals surface area contributed by atoms with Gasteiger partial charge in [-0.15, -0.1) is 0 Å². The Labute approximate surface area is 163 Å². The minimum absolute atomic E-state index is 0.226. The van der Waals surface area contributed by atoms with Crippen LogP contribution in [0.3, 0.4) is 0 Å². The van der Waals surface area contributed by atoms with Crippen molar-refractivity contribution in [3.63, 3.8) is 0 Å². The first kappa shape index (κ1) is 19.1. The number of rotatable bonds is 6. The van der Waals surface area contributed by atoms with Crippen molar-refractivity contribution in [1.82, 2.24) is 24.4 Å². The number of fused-ring (bicyclic) bond motifs is 1. The maximum absolute atomic E-state index is 12.4. The lowest BCUT2D eigenvalue weighted by molar-refractivity contribution is 0.0528. The summed E-state index contributed by atoms with van der Waals surface area (Å²) < 4.78 is 11.8. The molecular weight excluding hydrogens is 362 g/mol. The monoisotopic (exact) mass is 389 g/mol. The zero-order chi connectivity index (χ0) is 19.5. The predicted octanol–water partition coefficient (Wildman–Crippen LogP) is 0.353. The van der Waals surface area contributed by atoms with Crippen LogP contribution in [0.5, 0.6) is 0 Å². The third-order valence-electron chi connectivity index (χ3n) is 5.44. The number of carbonyl (C=O) groups excluding carboxylic acids is 1. The summed E-state index contributed by atoms with van der Waals surface area (Å²) in [7, 11) is 0. The van der Waals surface area contributed by atoms with E-state index in [1.54, 1.807) is 6.92 Å². The zero-order valence-corrected chi connectivity index (χ0v) is 16.2. The molecule has 2 aromatic rings. The number of hydrogen-bond donors (Lipinski definition) is 1. The number of nitrogens with zero attached hydrogens (tertiary/aromatic N) is 4. The lowest BCUT2D eigenvalue weighted by Gasteiger charge is -2.35. The lowest BCUT2D eigenvalue weighted by Crippen LogP contribution is -2.47. The second-order valence-electron chi connectivity index (χ2n) is 7.46. The number of hydrogen-bond acceptors (Lipinski definition) is 7. The van der Waals surface area contributed by atoms with Crippen molar-refractivity contribution in [1.29, 1.82) is 0 Å². The molecule has 0 bridgehead atoms. The largest absolute Gasteiger partial charge is 0.462 e. The van der Waals surface area contributed by atoms with Gasteiger partial charge in [-0.1, -0.05) is 0 Å². The van der Waals surface area contributed by atoms with Crippen LogP contribution in [0.4, 0.5) is 0 Å². The summed E-state index contributed by atoms with van der Waals surface area (Å²) in [6, 6.07) is 1.53. The van der Waals surface area contributed by atoms with Crippen molar-refractivity contribution in [2.75, 3.05) is 52.5 Å². The quantitative estimate of drug-likeness (QED) is 0.713. The predicted molar refractivity (Wildman–Crippen MR) is 102 cm³/mol. The van der Waals surface area contributed by atoms with Crippen LogP contribution >= 0.6 is 0 Å². The van der Waals surface area contributed by atoms with Gasteiger partial charge in [-0.25, -0.2) is 14.3 Å². The van der Waals surface area contributed by atoms with E-state index in [4.69, 9.17) is 9.47 Å². The van der Waals surface area contributed by atoms with E-state index in [0.717, 1.165) is 52.4 Å². The Bertz CT molecular complexity index is 878. The second-order valence-corrected chi connectivity index (χ2v) is 7.46. The van der Waals surface area contributed by atoms with Crippen molar-refractivity contribution in [2.45, 2.75) is 19.9 Å². The van der Waals surface area contributed by atoms with Gasteiger partial charge in [0.1, 0.15) is 5.56 Å². The first-order valence-corrected chi connectivity index (χ1v) is 9.93. The first-order chi connectivity index (χ1) is 13.6. The summed E-state index contributed by atoms with van der Waals surface area (Å²) in [6.07, 6.45) is 2.63. The van der Waals surface area contributed by atoms with Crippen LogP contribution in [0.2, 0.25) is 0 Å². The van der Waals surface area contributed by atoms with E-state index >= 15 is 0 Å². The maximum Gasteiger partial charge on any atom is 0.343 e. The van der Waals surface area contributed by atoms with E-state index in [1.165, 1.54) is 16.8 Å². The Morgan fingerprint density at radius 2 is 2.11 bits per heavy atom. The van der Waals surface area contributed by atoms with Crippen LogP contribution in [0.1, 0.15) is 29.4 Å². The van der Waals surface area contributed by atoms with E-state index in [-0.39, 0.29) is 17.7 Å². The molecule has 2 aromatic heterocycles. The van der Waals surface area contributed by atoms with E-state index in [2.05, 4.69) is 19.9 Å². The molecule has 9 heteroatoms. The SMILES string of the molecule is CCOC(=O)c1c[nH]n2c(=O)cc(CN3CCN(CC4CCOC4)CC3)nc12. The first-order valence-electron chi connectivity index (χ1n) is 9.93. The summed E-state index contributed by atoms with van der Waals surface area (Å²) in [4.78, 5) is 33.8. The molecule has 0 radical (unpaired) electrons. The Morgan fingerprint density at radius 1 is 1.32 bits per heavy atom. The summed E-state index contributed by atoms with van der Waals surface area (Å²) in [6.45, 7) is 9.39. The van der Waals surface area contributed by atoms with Crippen molar-refractivity contribution >= 4 is 11.6 Å². The topological polar surface area (TPSA) is 92.2 Å². The van der Waals surface area contributed by atoms with Gasteiger partial charge in [0.15, 0.2) is 5.65 Å². The molecule has 2 aliphatic rings. The number of aromatic nitrogens is 3. The molecule has 1 atom stereocenters. The number of nitrogens with one attached hydrogen (secondary N) is 1. The molecule has 2 saturated heterocycles. The smallest absolute Gasteiger partial charge is 0.343 e. The van der Waals surface area contributed by atoms with E-state index in [0.29, 0.717) is 23.8 Å². The van der Waals surface area contributed by atoms with Gasteiger partial charge in [-0.05, 0) is 19.3 Å². The van der Waals surface area contributed by atoms with Crippen molar-refractivity contribution in [2.24, 2.45) is 5.92 Å². The Morgan fingerprint density at radius 3 is 2.82 bits per heavy atom. The fourth-order valence-corrected chi connectivity index (χ4v) is 3.92. The molecule has 0 aromatic carbocycles. The number of carbonyl (C=O) groups is 1. The summed E-state index contributed by atoms with van der Waals surface area (Å²) >= 11 is 0. The molecule has 0 spiro atoms. The highest BCUT2D eigenvalue weighted by molar-refractivity contribution is 5.95. The Hall–Kier alpha value is -2.23.